The topological polar surface area (TPSA) is 49.4 Å². The molecule has 190 valence electrons. The largest absolute Gasteiger partial charge is 0.418 e. The number of alkyl halides is 3. The Morgan fingerprint density at radius 1 is 1.14 bits per heavy atom. The number of likely N-dealkylation sites (tertiary alicyclic amines) is 1. The van der Waals surface area contributed by atoms with E-state index in [-0.39, 0.29) is 39.3 Å². The normalized spacial score (nSPS) is 36.7. The summed E-state index contributed by atoms with van der Waals surface area (Å²) in [7, 11) is 1.88. The molecule has 0 radical (unpaired) electrons. The maximum absolute atomic E-state index is 13.6. The minimum absolute atomic E-state index is 0.0187. The summed E-state index contributed by atoms with van der Waals surface area (Å²) in [6.45, 7) is 4.45. The monoisotopic (exact) mass is 508 g/mol. The number of carbonyl (C=O) groups excluding carboxylic acids is 2. The fraction of sp³-hybridized carbons (Fsp3) is 0.630. The summed E-state index contributed by atoms with van der Waals surface area (Å²) >= 11 is 5.80. The number of nitrogens with zero attached hydrogens (tertiary/aromatic N) is 1. The molecular weight excluding hydrogens is 477 g/mol. The Hall–Kier alpha value is -2.02. The summed E-state index contributed by atoms with van der Waals surface area (Å²) in [4.78, 5) is 27.6. The number of halogens is 4. The molecule has 3 fully saturated rings. The number of allylic oxidation sites excluding steroid dienone is 2. The maximum atomic E-state index is 13.6. The molecule has 1 N–H and O–H groups in total. The van der Waals surface area contributed by atoms with Crippen LogP contribution in [0.25, 0.3) is 0 Å². The number of amides is 2. The summed E-state index contributed by atoms with van der Waals surface area (Å²) < 4.78 is 40.7. The Labute approximate surface area is 209 Å². The molecule has 1 aliphatic heterocycles. The molecule has 6 atom stereocenters. The predicted octanol–water partition coefficient (Wildman–Crippen LogP) is 6.90. The molecule has 0 spiro atoms. The zero-order valence-electron chi connectivity index (χ0n) is 20.3. The van der Waals surface area contributed by atoms with Crippen LogP contribution >= 0.6 is 11.6 Å². The van der Waals surface area contributed by atoms with Crippen molar-refractivity contribution in [1.29, 1.82) is 0 Å². The molecular formula is C27H32ClF3N2O2. The Bertz CT molecular complexity index is 1100. The molecule has 8 heteroatoms. The lowest BCUT2D eigenvalue weighted by Crippen LogP contribution is -2.54. The number of anilines is 1. The lowest BCUT2D eigenvalue weighted by atomic mass is 9.49. The second-order valence-corrected chi connectivity index (χ2v) is 11.9. The van der Waals surface area contributed by atoms with E-state index in [0.717, 1.165) is 43.9 Å². The van der Waals surface area contributed by atoms with Crippen LogP contribution in [0.1, 0.15) is 64.4 Å². The first-order valence-electron chi connectivity index (χ1n) is 12.5. The Morgan fingerprint density at radius 3 is 2.60 bits per heavy atom. The lowest BCUT2D eigenvalue weighted by Gasteiger charge is -2.58. The molecule has 4 aliphatic rings. The van der Waals surface area contributed by atoms with Crippen LogP contribution in [0.3, 0.4) is 0 Å². The van der Waals surface area contributed by atoms with Crippen LogP contribution in [-0.2, 0) is 15.8 Å². The van der Waals surface area contributed by atoms with Crippen molar-refractivity contribution in [2.24, 2.45) is 34.5 Å². The summed E-state index contributed by atoms with van der Waals surface area (Å²) in [5.74, 6) is 0.712. The fourth-order valence-electron chi connectivity index (χ4n) is 8.09. The summed E-state index contributed by atoms with van der Waals surface area (Å²) in [6.07, 6.45) is 3.34. The van der Waals surface area contributed by atoms with Crippen LogP contribution in [0.2, 0.25) is 5.02 Å². The number of fused-ring (bicyclic) bond motifs is 5. The van der Waals surface area contributed by atoms with Gasteiger partial charge in [0, 0.05) is 35.5 Å². The Balaban J connectivity index is 1.39. The fourth-order valence-corrected chi connectivity index (χ4v) is 8.26. The van der Waals surface area contributed by atoms with E-state index in [4.69, 9.17) is 11.6 Å². The first-order valence-corrected chi connectivity index (χ1v) is 12.9. The molecule has 35 heavy (non-hydrogen) atoms. The highest BCUT2D eigenvalue weighted by molar-refractivity contribution is 6.30. The molecule has 1 aromatic rings. The van der Waals surface area contributed by atoms with Gasteiger partial charge in [-0.15, -0.1) is 0 Å². The quantitative estimate of drug-likeness (QED) is 0.472. The summed E-state index contributed by atoms with van der Waals surface area (Å²) in [5.41, 5.74) is -0.309. The number of rotatable bonds is 2. The minimum atomic E-state index is -4.61. The van der Waals surface area contributed by atoms with Gasteiger partial charge in [-0.2, -0.15) is 13.2 Å². The van der Waals surface area contributed by atoms with Gasteiger partial charge in [0.15, 0.2) is 0 Å². The van der Waals surface area contributed by atoms with Gasteiger partial charge in [0.2, 0.25) is 11.8 Å². The van der Waals surface area contributed by atoms with Crippen molar-refractivity contribution in [3.8, 4) is 0 Å². The third-order valence-corrected chi connectivity index (χ3v) is 10.1. The van der Waals surface area contributed by atoms with E-state index >= 15 is 0 Å². The van der Waals surface area contributed by atoms with Crippen LogP contribution in [-0.4, -0.2) is 23.8 Å². The van der Waals surface area contributed by atoms with Crippen LogP contribution in [0.5, 0.6) is 0 Å². The number of hydrogen-bond donors (Lipinski definition) is 1. The van der Waals surface area contributed by atoms with Gasteiger partial charge < -0.3 is 10.2 Å². The van der Waals surface area contributed by atoms with Crippen molar-refractivity contribution in [3.63, 3.8) is 0 Å². The van der Waals surface area contributed by atoms with Crippen LogP contribution in [0.15, 0.2) is 30.0 Å². The van der Waals surface area contributed by atoms with Crippen LogP contribution < -0.4 is 5.32 Å². The van der Waals surface area contributed by atoms with E-state index in [1.54, 1.807) is 0 Å². The molecule has 1 aromatic carbocycles. The molecule has 0 bridgehead atoms. The molecule has 3 aliphatic carbocycles. The molecule has 0 aromatic heterocycles. The smallest absolute Gasteiger partial charge is 0.325 e. The van der Waals surface area contributed by atoms with Gasteiger partial charge in [0.05, 0.1) is 11.3 Å². The van der Waals surface area contributed by atoms with Crippen molar-refractivity contribution in [3.05, 3.63) is 40.6 Å². The second kappa shape index (κ2) is 8.25. The highest BCUT2D eigenvalue weighted by atomic mass is 35.5. The number of nitrogens with one attached hydrogen (secondary N) is 1. The molecule has 4 nitrogen and oxygen atoms in total. The van der Waals surface area contributed by atoms with Gasteiger partial charge in [-0.1, -0.05) is 31.5 Å². The van der Waals surface area contributed by atoms with Crippen LogP contribution in [0, 0.1) is 34.5 Å². The summed E-state index contributed by atoms with van der Waals surface area (Å²) in [6, 6.07) is 3.47. The highest BCUT2D eigenvalue weighted by Crippen LogP contribution is 2.66. The number of hydrogen-bond acceptors (Lipinski definition) is 2. The third-order valence-electron chi connectivity index (χ3n) is 9.88. The van der Waals surface area contributed by atoms with Crippen molar-refractivity contribution in [1.82, 2.24) is 4.90 Å². The van der Waals surface area contributed by atoms with E-state index in [1.807, 2.05) is 11.9 Å². The third kappa shape index (κ3) is 3.80. The first-order chi connectivity index (χ1) is 16.4. The SMILES string of the molecule is CN1C(=O)CC[C@@]2(C)C1=CC[C@@H]1[C@H]2CC[C@]2(C)C(C(=O)Nc3ccc(Cl)cc3C(F)(F)F)CC[C@@H]12. The van der Waals surface area contributed by atoms with Crippen molar-refractivity contribution < 1.29 is 22.8 Å². The second-order valence-electron chi connectivity index (χ2n) is 11.4. The van der Waals surface area contributed by atoms with Gasteiger partial charge in [-0.3, -0.25) is 9.59 Å². The molecule has 2 amide bonds. The van der Waals surface area contributed by atoms with E-state index in [9.17, 15) is 22.8 Å². The number of carbonyl (C=O) groups is 2. The first kappa shape index (κ1) is 24.7. The lowest BCUT2D eigenvalue weighted by molar-refractivity contribution is -0.138. The maximum Gasteiger partial charge on any atom is 0.418 e. The van der Waals surface area contributed by atoms with E-state index < -0.39 is 11.7 Å². The van der Waals surface area contributed by atoms with Crippen molar-refractivity contribution in [2.45, 2.75) is 65.0 Å². The number of benzene rings is 1. The zero-order chi connectivity index (χ0) is 25.3. The zero-order valence-corrected chi connectivity index (χ0v) is 21.1. The predicted molar refractivity (Wildman–Crippen MR) is 128 cm³/mol. The average molecular weight is 509 g/mol. The molecule has 2 saturated carbocycles. The molecule has 1 unspecified atom stereocenters. The molecule has 1 heterocycles. The standard InChI is InChI=1S/C27H32ClF3N2O2/c1-25-12-10-18-16(5-9-22-26(18,2)13-11-23(34)33(22)3)17(25)6-7-19(25)24(35)32-21-8-4-15(28)14-20(21)27(29,30)31/h4,8-9,14,16-19H,5-7,10-13H2,1-3H3,(H,32,35)/t16-,17-,18+,19?,25-,26+/m0/s1. The Kier molecular flexibility index (Phi) is 5.82. The van der Waals surface area contributed by atoms with E-state index in [2.05, 4.69) is 25.2 Å². The minimum Gasteiger partial charge on any atom is -0.325 e. The van der Waals surface area contributed by atoms with Gasteiger partial charge in [-0.25, -0.2) is 0 Å². The van der Waals surface area contributed by atoms with E-state index in [0.29, 0.717) is 30.6 Å². The molecule has 1 saturated heterocycles. The van der Waals surface area contributed by atoms with Gasteiger partial charge in [0.1, 0.15) is 0 Å². The average Bonchev–Trinajstić information content (AvgIpc) is 3.14. The van der Waals surface area contributed by atoms with Crippen molar-refractivity contribution in [2.75, 3.05) is 12.4 Å². The molecule has 5 rings (SSSR count). The number of piperidine rings is 1. The highest BCUT2D eigenvalue weighted by Gasteiger charge is 2.60. The van der Waals surface area contributed by atoms with E-state index in [1.165, 1.54) is 12.1 Å². The van der Waals surface area contributed by atoms with Gasteiger partial charge in [-0.05, 0) is 79.9 Å². The summed E-state index contributed by atoms with van der Waals surface area (Å²) in [5, 5.41) is 2.59. The van der Waals surface area contributed by atoms with Gasteiger partial charge >= 0.3 is 6.18 Å². The van der Waals surface area contributed by atoms with Crippen LogP contribution in [0.4, 0.5) is 18.9 Å². The Morgan fingerprint density at radius 2 is 1.89 bits per heavy atom. The van der Waals surface area contributed by atoms with Gasteiger partial charge in [0.25, 0.3) is 0 Å². The van der Waals surface area contributed by atoms with Crippen molar-refractivity contribution >= 4 is 29.1 Å².